The molecule has 0 saturated carbocycles. The molecule has 0 fully saturated rings. The van der Waals surface area contributed by atoms with Crippen molar-refractivity contribution in [2.24, 2.45) is 0 Å². The van der Waals surface area contributed by atoms with Gasteiger partial charge in [-0.05, 0) is 23.8 Å². The van der Waals surface area contributed by atoms with Crippen molar-refractivity contribution in [1.29, 1.82) is 0 Å². The van der Waals surface area contributed by atoms with Crippen LogP contribution < -0.4 is 20.1 Å². The van der Waals surface area contributed by atoms with Gasteiger partial charge in [0, 0.05) is 24.1 Å². The van der Waals surface area contributed by atoms with Crippen LogP contribution in [0.4, 0.5) is 16.0 Å². The van der Waals surface area contributed by atoms with E-state index in [1.165, 1.54) is 17.0 Å². The van der Waals surface area contributed by atoms with Gasteiger partial charge in [0.25, 0.3) is 5.91 Å². The second kappa shape index (κ2) is 9.20. The third-order valence-electron chi connectivity index (χ3n) is 5.24. The highest BCUT2D eigenvalue weighted by Gasteiger charge is 2.18. The number of rotatable bonds is 7. The fourth-order valence-electron chi connectivity index (χ4n) is 3.53. The van der Waals surface area contributed by atoms with E-state index < -0.39 is 17.8 Å². The van der Waals surface area contributed by atoms with E-state index in [0.29, 0.717) is 17.2 Å². The van der Waals surface area contributed by atoms with Crippen molar-refractivity contribution in [3.8, 4) is 17.3 Å². The molecular formula is C24H20FN5O4. The molecule has 10 heteroatoms. The van der Waals surface area contributed by atoms with Gasteiger partial charge in [-0.15, -0.1) is 0 Å². The first-order valence-corrected chi connectivity index (χ1v) is 10.4. The SMILES string of the molecule is O=C(NC(CO)c1ccccc1)c1ccn(-c2nc(Nc3ccc4c(c3)OCO4)ncc2F)c1. The first-order chi connectivity index (χ1) is 16.6. The van der Waals surface area contributed by atoms with Crippen molar-refractivity contribution < 1.29 is 23.8 Å². The summed E-state index contributed by atoms with van der Waals surface area (Å²) >= 11 is 0. The molecule has 34 heavy (non-hydrogen) atoms. The number of fused-ring (bicyclic) bond motifs is 1. The number of aliphatic hydroxyl groups is 1. The van der Waals surface area contributed by atoms with Crippen LogP contribution >= 0.6 is 0 Å². The average molecular weight is 461 g/mol. The number of hydrogen-bond donors (Lipinski definition) is 3. The van der Waals surface area contributed by atoms with Crippen molar-refractivity contribution in [2.45, 2.75) is 6.04 Å². The second-order valence-electron chi connectivity index (χ2n) is 7.48. The van der Waals surface area contributed by atoms with E-state index in [0.717, 1.165) is 11.8 Å². The summed E-state index contributed by atoms with van der Waals surface area (Å²) in [6.45, 7) is -0.101. The van der Waals surface area contributed by atoms with E-state index >= 15 is 0 Å². The number of ether oxygens (including phenoxy) is 2. The van der Waals surface area contributed by atoms with Crippen molar-refractivity contribution in [1.82, 2.24) is 19.9 Å². The molecule has 3 N–H and O–H groups in total. The van der Waals surface area contributed by atoms with Crippen molar-refractivity contribution >= 4 is 17.5 Å². The lowest BCUT2D eigenvalue weighted by Gasteiger charge is -2.16. The quantitative estimate of drug-likeness (QED) is 0.387. The molecule has 1 aliphatic heterocycles. The van der Waals surface area contributed by atoms with Crippen molar-refractivity contribution in [3.63, 3.8) is 0 Å². The largest absolute Gasteiger partial charge is 0.454 e. The first-order valence-electron chi connectivity index (χ1n) is 10.4. The summed E-state index contributed by atoms with van der Waals surface area (Å²) in [6.07, 6.45) is 4.04. The number of nitrogens with zero attached hydrogens (tertiary/aromatic N) is 3. The van der Waals surface area contributed by atoms with Crippen molar-refractivity contribution in [2.75, 3.05) is 18.7 Å². The topological polar surface area (TPSA) is 111 Å². The number of aliphatic hydroxyl groups excluding tert-OH is 1. The Labute approximate surface area is 193 Å². The van der Waals surface area contributed by atoms with Gasteiger partial charge in [-0.1, -0.05) is 30.3 Å². The van der Waals surface area contributed by atoms with Gasteiger partial charge in [-0.3, -0.25) is 4.79 Å². The van der Waals surface area contributed by atoms with Crippen LogP contribution in [-0.4, -0.2) is 38.9 Å². The molecule has 2 aromatic carbocycles. The zero-order valence-corrected chi connectivity index (χ0v) is 17.8. The molecule has 1 atom stereocenters. The predicted octanol–water partition coefficient (Wildman–Crippen LogP) is 3.34. The normalized spacial score (nSPS) is 12.9. The maximum atomic E-state index is 14.5. The number of amides is 1. The Hall–Kier alpha value is -4.44. The lowest BCUT2D eigenvalue weighted by molar-refractivity contribution is 0.0916. The van der Waals surface area contributed by atoms with Gasteiger partial charge in [-0.25, -0.2) is 9.37 Å². The third-order valence-corrected chi connectivity index (χ3v) is 5.24. The lowest BCUT2D eigenvalue weighted by Crippen LogP contribution is -2.30. The molecule has 0 radical (unpaired) electrons. The molecule has 0 spiro atoms. The van der Waals surface area contributed by atoms with Crippen LogP contribution in [0.25, 0.3) is 5.82 Å². The number of benzene rings is 2. The number of carbonyl (C=O) groups is 1. The Morgan fingerprint density at radius 2 is 1.97 bits per heavy atom. The summed E-state index contributed by atoms with van der Waals surface area (Å²) in [4.78, 5) is 21.0. The molecule has 0 aliphatic carbocycles. The Balaban J connectivity index is 1.33. The van der Waals surface area contributed by atoms with Crippen LogP contribution in [-0.2, 0) is 0 Å². The van der Waals surface area contributed by atoms with Crippen LogP contribution in [0.15, 0.2) is 73.2 Å². The number of anilines is 2. The number of carbonyl (C=O) groups excluding carboxylic acids is 1. The van der Waals surface area contributed by atoms with Gasteiger partial charge in [0.2, 0.25) is 12.7 Å². The van der Waals surface area contributed by atoms with E-state index in [9.17, 15) is 14.3 Å². The molecule has 9 nitrogen and oxygen atoms in total. The molecule has 4 aromatic rings. The minimum atomic E-state index is -0.656. The maximum Gasteiger partial charge on any atom is 0.253 e. The number of hydrogen-bond acceptors (Lipinski definition) is 7. The van der Waals surface area contributed by atoms with Gasteiger partial charge in [0.1, 0.15) is 0 Å². The summed E-state index contributed by atoms with van der Waals surface area (Å²) in [5.74, 6) is 0.301. The van der Waals surface area contributed by atoms with Crippen LogP contribution in [0.2, 0.25) is 0 Å². The minimum Gasteiger partial charge on any atom is -0.454 e. The van der Waals surface area contributed by atoms with Gasteiger partial charge < -0.3 is 29.8 Å². The number of aromatic nitrogens is 3. The van der Waals surface area contributed by atoms with Gasteiger partial charge >= 0.3 is 0 Å². The van der Waals surface area contributed by atoms with Gasteiger partial charge in [-0.2, -0.15) is 4.98 Å². The third kappa shape index (κ3) is 4.39. The number of halogens is 1. The van der Waals surface area contributed by atoms with Crippen LogP contribution in [0.1, 0.15) is 22.0 Å². The smallest absolute Gasteiger partial charge is 0.253 e. The first kappa shape index (κ1) is 21.4. The van der Waals surface area contributed by atoms with Crippen LogP contribution in [0.3, 0.4) is 0 Å². The zero-order valence-electron chi connectivity index (χ0n) is 17.8. The van der Waals surface area contributed by atoms with Crippen molar-refractivity contribution in [3.05, 3.63) is 90.1 Å². The number of nitrogens with one attached hydrogen (secondary N) is 2. The summed E-state index contributed by atoms with van der Waals surface area (Å²) in [6, 6.07) is 15.4. The summed E-state index contributed by atoms with van der Waals surface area (Å²) in [7, 11) is 0. The molecule has 2 aromatic heterocycles. The van der Waals surface area contributed by atoms with Gasteiger partial charge in [0.15, 0.2) is 23.1 Å². The highest BCUT2D eigenvalue weighted by Crippen LogP contribution is 2.34. The van der Waals surface area contributed by atoms with E-state index in [-0.39, 0.29) is 30.7 Å². The molecule has 0 bridgehead atoms. The monoisotopic (exact) mass is 461 g/mol. The van der Waals surface area contributed by atoms with E-state index in [2.05, 4.69) is 20.6 Å². The lowest BCUT2D eigenvalue weighted by atomic mass is 10.1. The molecule has 5 rings (SSSR count). The Morgan fingerprint density at radius 1 is 1.15 bits per heavy atom. The zero-order chi connectivity index (χ0) is 23.5. The second-order valence-corrected chi connectivity index (χ2v) is 7.48. The molecule has 1 amide bonds. The average Bonchev–Trinajstić information content (AvgIpc) is 3.54. The summed E-state index contributed by atoms with van der Waals surface area (Å²) in [5.41, 5.74) is 1.71. The van der Waals surface area contributed by atoms with Crippen LogP contribution in [0, 0.1) is 5.82 Å². The highest BCUT2D eigenvalue weighted by molar-refractivity contribution is 5.94. The Bertz CT molecular complexity index is 1330. The van der Waals surface area contributed by atoms with E-state index in [4.69, 9.17) is 9.47 Å². The fraction of sp³-hybridized carbons (Fsp3) is 0.125. The predicted molar refractivity (Wildman–Crippen MR) is 121 cm³/mol. The molecule has 1 unspecified atom stereocenters. The fourth-order valence-corrected chi connectivity index (χ4v) is 3.53. The Kier molecular flexibility index (Phi) is 5.79. The van der Waals surface area contributed by atoms with Gasteiger partial charge in [0.05, 0.1) is 24.4 Å². The highest BCUT2D eigenvalue weighted by atomic mass is 19.1. The molecule has 0 saturated heterocycles. The molecular weight excluding hydrogens is 441 g/mol. The van der Waals surface area contributed by atoms with Crippen LogP contribution in [0.5, 0.6) is 11.5 Å². The maximum absolute atomic E-state index is 14.5. The Morgan fingerprint density at radius 3 is 2.79 bits per heavy atom. The summed E-state index contributed by atoms with van der Waals surface area (Å²) < 4.78 is 26.6. The minimum absolute atomic E-state index is 0.0286. The molecule has 1 aliphatic rings. The standard InChI is InChI=1S/C24H20FN5O4/c25-18-11-26-24(27-17-6-7-20-21(10-17)34-14-33-20)29-22(18)30-9-8-16(12-30)23(32)28-19(13-31)15-4-2-1-3-5-15/h1-12,19,31H,13-14H2,(H,28,32)(H,26,27,29). The van der Waals surface area contributed by atoms with E-state index in [1.807, 2.05) is 30.3 Å². The van der Waals surface area contributed by atoms with E-state index in [1.54, 1.807) is 24.3 Å². The molecule has 3 heterocycles. The summed E-state index contributed by atoms with van der Waals surface area (Å²) in [5, 5.41) is 15.5. The molecule has 172 valence electrons.